The minimum Gasteiger partial charge on any atom is -0.496 e. The summed E-state index contributed by atoms with van der Waals surface area (Å²) in [4.78, 5) is 21.4. The van der Waals surface area contributed by atoms with E-state index in [1.54, 1.807) is 7.11 Å². The largest absolute Gasteiger partial charge is 0.496 e. The van der Waals surface area contributed by atoms with Crippen molar-refractivity contribution in [2.45, 2.75) is 45.2 Å². The molecule has 2 aromatic heterocycles. The molecule has 3 N–H and O–H groups in total. The van der Waals surface area contributed by atoms with Crippen molar-refractivity contribution >= 4 is 22.8 Å². The molecule has 0 unspecified atom stereocenters. The molecule has 8 nitrogen and oxygen atoms in total. The van der Waals surface area contributed by atoms with Crippen LogP contribution in [-0.2, 0) is 6.54 Å². The summed E-state index contributed by atoms with van der Waals surface area (Å²) in [6.07, 6.45) is 6.05. The van der Waals surface area contributed by atoms with Crippen LogP contribution < -0.4 is 15.8 Å². The minimum absolute atomic E-state index is 0.115. The number of hydrogen-bond donors (Lipinski definition) is 2. The van der Waals surface area contributed by atoms with Gasteiger partial charge < -0.3 is 15.8 Å². The molecule has 0 bridgehead atoms. The number of ether oxygens (including phenoxy) is 1. The number of aryl methyl sites for hydroxylation is 1. The molecule has 34 heavy (non-hydrogen) atoms. The number of fused-ring (bicyclic) bond motifs is 1. The number of methoxy groups -OCH3 is 1. The molecule has 1 fully saturated rings. The first kappa shape index (κ1) is 21.9. The van der Waals surface area contributed by atoms with E-state index in [0.717, 1.165) is 46.3 Å². The lowest BCUT2D eigenvalue weighted by Gasteiger charge is -2.12. The first-order valence-corrected chi connectivity index (χ1v) is 11.6. The Bertz CT molecular complexity index is 1360. The van der Waals surface area contributed by atoms with Gasteiger partial charge in [-0.1, -0.05) is 43.2 Å². The lowest BCUT2D eigenvalue weighted by molar-refractivity contribution is 0.0950. The summed E-state index contributed by atoms with van der Waals surface area (Å²) >= 11 is 0. The van der Waals surface area contributed by atoms with Gasteiger partial charge in [0.05, 0.1) is 18.5 Å². The monoisotopic (exact) mass is 456 g/mol. The highest BCUT2D eigenvalue weighted by Crippen LogP contribution is 2.37. The molecule has 0 radical (unpaired) electrons. The average Bonchev–Trinajstić information content (AvgIpc) is 3.51. The second kappa shape index (κ2) is 9.13. The fourth-order valence-corrected chi connectivity index (χ4v) is 4.74. The van der Waals surface area contributed by atoms with Gasteiger partial charge >= 0.3 is 0 Å². The van der Waals surface area contributed by atoms with Crippen LogP contribution in [0.4, 0.5) is 5.82 Å². The molecule has 1 aliphatic rings. The zero-order valence-electron chi connectivity index (χ0n) is 19.4. The fraction of sp³-hybridized carbons (Fsp3) is 0.308. The van der Waals surface area contributed by atoms with Crippen LogP contribution in [0.5, 0.6) is 5.75 Å². The van der Waals surface area contributed by atoms with Crippen LogP contribution in [0, 0.1) is 6.92 Å². The number of carbonyl (C=O) groups excluding carboxylic acids is 1. The predicted octanol–water partition coefficient (Wildman–Crippen LogP) is 4.44. The van der Waals surface area contributed by atoms with Crippen molar-refractivity contribution in [3.63, 3.8) is 0 Å². The van der Waals surface area contributed by atoms with Crippen LogP contribution in [0.25, 0.3) is 22.3 Å². The number of aromatic nitrogens is 4. The third-order valence-electron chi connectivity index (χ3n) is 6.58. The van der Waals surface area contributed by atoms with Crippen LogP contribution in [0.1, 0.15) is 53.2 Å². The first-order chi connectivity index (χ1) is 16.6. The maximum absolute atomic E-state index is 12.6. The fourth-order valence-electron chi connectivity index (χ4n) is 4.74. The van der Waals surface area contributed by atoms with Crippen LogP contribution in [0.3, 0.4) is 0 Å². The van der Waals surface area contributed by atoms with Crippen LogP contribution in [-0.4, -0.2) is 32.8 Å². The molecule has 5 rings (SSSR count). The minimum atomic E-state index is -0.115. The second-order valence-electron chi connectivity index (χ2n) is 8.71. The van der Waals surface area contributed by atoms with E-state index in [9.17, 15) is 4.79 Å². The van der Waals surface area contributed by atoms with Crippen molar-refractivity contribution in [3.8, 4) is 17.0 Å². The normalized spacial score (nSPS) is 13.9. The van der Waals surface area contributed by atoms with E-state index in [1.165, 1.54) is 19.2 Å². The van der Waals surface area contributed by atoms with E-state index < -0.39 is 0 Å². The summed E-state index contributed by atoms with van der Waals surface area (Å²) in [6, 6.07) is 13.7. The van der Waals surface area contributed by atoms with Gasteiger partial charge in [-0.3, -0.25) is 4.79 Å². The molecule has 0 aliphatic heterocycles. The smallest absolute Gasteiger partial charge is 0.251 e. The predicted molar refractivity (Wildman–Crippen MR) is 132 cm³/mol. The molecular formula is C26H28N6O2. The number of nitrogens with one attached hydrogen (secondary N) is 1. The van der Waals surface area contributed by atoms with Gasteiger partial charge in [-0.05, 0) is 37.5 Å². The lowest BCUT2D eigenvalue weighted by atomic mass is 10.0. The van der Waals surface area contributed by atoms with Crippen LogP contribution >= 0.6 is 0 Å². The number of hydrogen-bond acceptors (Lipinski definition) is 6. The van der Waals surface area contributed by atoms with Gasteiger partial charge in [0.2, 0.25) is 0 Å². The molecule has 2 aromatic carbocycles. The van der Waals surface area contributed by atoms with Crippen molar-refractivity contribution in [2.24, 2.45) is 0 Å². The number of nitrogen functional groups attached to an aromatic ring is 1. The van der Waals surface area contributed by atoms with Gasteiger partial charge in [-0.15, -0.1) is 0 Å². The quantitative estimate of drug-likeness (QED) is 0.444. The SMILES string of the molecule is COc1cc(-c2nn(C3CCCC3)c3ncnc(N)c23)ccc1CNC(=O)c1ccccc1C. The Morgan fingerprint density at radius 2 is 1.97 bits per heavy atom. The molecule has 0 atom stereocenters. The van der Waals surface area contributed by atoms with E-state index in [4.69, 9.17) is 15.6 Å². The summed E-state index contributed by atoms with van der Waals surface area (Å²) in [5.74, 6) is 0.967. The number of amides is 1. The van der Waals surface area contributed by atoms with E-state index >= 15 is 0 Å². The molecule has 174 valence electrons. The molecule has 1 aliphatic carbocycles. The standard InChI is InChI=1S/C26H28N6O2/c1-16-7-3-6-10-20(16)26(33)28-14-18-12-11-17(13-21(18)34-2)23-22-24(27)29-15-30-25(22)32(31-23)19-8-4-5-9-19/h3,6-7,10-13,15,19H,4-5,8-9,14H2,1-2H3,(H,28,33)(H2,27,29,30). The number of nitrogens with two attached hydrogens (primary N) is 1. The Labute approximate surface area is 198 Å². The van der Waals surface area contributed by atoms with E-state index in [2.05, 4.69) is 15.3 Å². The highest BCUT2D eigenvalue weighted by atomic mass is 16.5. The van der Waals surface area contributed by atoms with Crippen molar-refractivity contribution < 1.29 is 9.53 Å². The first-order valence-electron chi connectivity index (χ1n) is 11.6. The molecule has 0 saturated heterocycles. The van der Waals surface area contributed by atoms with Gasteiger partial charge in [0.25, 0.3) is 5.91 Å². The Morgan fingerprint density at radius 1 is 1.18 bits per heavy atom. The van der Waals surface area contributed by atoms with Crippen molar-refractivity contribution in [1.82, 2.24) is 25.1 Å². The number of anilines is 1. The molecule has 4 aromatic rings. The van der Waals surface area contributed by atoms with Gasteiger partial charge in [0.1, 0.15) is 23.6 Å². The van der Waals surface area contributed by atoms with Crippen LogP contribution in [0.15, 0.2) is 48.8 Å². The summed E-state index contributed by atoms with van der Waals surface area (Å²) < 4.78 is 7.68. The topological polar surface area (TPSA) is 108 Å². The summed E-state index contributed by atoms with van der Waals surface area (Å²) in [7, 11) is 1.62. The van der Waals surface area contributed by atoms with E-state index in [0.29, 0.717) is 29.7 Å². The highest BCUT2D eigenvalue weighted by molar-refractivity contribution is 5.98. The zero-order valence-corrected chi connectivity index (χ0v) is 19.4. The Kier molecular flexibility index (Phi) is 5.88. The number of rotatable bonds is 6. The molecule has 2 heterocycles. The van der Waals surface area contributed by atoms with Crippen LogP contribution in [0.2, 0.25) is 0 Å². The van der Waals surface area contributed by atoms with Gasteiger partial charge in [-0.2, -0.15) is 5.10 Å². The third kappa shape index (κ3) is 3.96. The number of nitrogens with zero attached hydrogens (tertiary/aromatic N) is 4. The Hall–Kier alpha value is -3.94. The Balaban J connectivity index is 1.47. The number of benzene rings is 2. The summed E-state index contributed by atoms with van der Waals surface area (Å²) in [6.45, 7) is 2.27. The summed E-state index contributed by atoms with van der Waals surface area (Å²) in [5.41, 5.74) is 11.1. The maximum atomic E-state index is 12.6. The third-order valence-corrected chi connectivity index (χ3v) is 6.58. The highest BCUT2D eigenvalue weighted by Gasteiger charge is 2.25. The molecular weight excluding hydrogens is 428 g/mol. The zero-order chi connectivity index (χ0) is 23.7. The molecule has 8 heteroatoms. The molecule has 1 amide bonds. The molecule has 0 spiro atoms. The van der Waals surface area contributed by atoms with E-state index in [-0.39, 0.29) is 5.91 Å². The average molecular weight is 457 g/mol. The lowest BCUT2D eigenvalue weighted by Crippen LogP contribution is -2.23. The Morgan fingerprint density at radius 3 is 2.74 bits per heavy atom. The van der Waals surface area contributed by atoms with Crippen molar-refractivity contribution in [2.75, 3.05) is 12.8 Å². The van der Waals surface area contributed by atoms with Gasteiger partial charge in [-0.25, -0.2) is 14.6 Å². The van der Waals surface area contributed by atoms with Crippen molar-refractivity contribution in [3.05, 3.63) is 65.5 Å². The van der Waals surface area contributed by atoms with Crippen molar-refractivity contribution in [1.29, 1.82) is 0 Å². The van der Waals surface area contributed by atoms with Gasteiger partial charge in [0, 0.05) is 23.2 Å². The maximum Gasteiger partial charge on any atom is 0.251 e. The number of carbonyl (C=O) groups is 1. The van der Waals surface area contributed by atoms with Gasteiger partial charge in [0.15, 0.2) is 5.65 Å². The second-order valence-corrected chi connectivity index (χ2v) is 8.71. The molecule has 1 saturated carbocycles. The van der Waals surface area contributed by atoms with E-state index in [1.807, 2.05) is 54.1 Å². The summed E-state index contributed by atoms with van der Waals surface area (Å²) in [5, 5.41) is 8.69.